The molecule has 6 heteroatoms. The molecule has 3 aliphatic rings. The van der Waals surface area contributed by atoms with Crippen LogP contribution < -0.4 is 0 Å². The molecule has 21 heavy (non-hydrogen) atoms. The van der Waals surface area contributed by atoms with Gasteiger partial charge in [0.05, 0.1) is 12.7 Å². The molecular formula is C15H23N3O3. The van der Waals surface area contributed by atoms with Crippen molar-refractivity contribution in [2.24, 2.45) is 5.92 Å². The van der Waals surface area contributed by atoms with Crippen molar-refractivity contribution in [2.45, 2.75) is 43.8 Å². The lowest BCUT2D eigenvalue weighted by molar-refractivity contribution is -0.0199. The summed E-state index contributed by atoms with van der Waals surface area (Å²) in [4.78, 5) is 2.43. The molecule has 0 radical (unpaired) electrons. The summed E-state index contributed by atoms with van der Waals surface area (Å²) in [6, 6.07) is 0. The van der Waals surface area contributed by atoms with Crippen molar-refractivity contribution >= 4 is 0 Å². The summed E-state index contributed by atoms with van der Waals surface area (Å²) in [5.41, 5.74) is 0. The zero-order valence-electron chi connectivity index (χ0n) is 12.5. The normalized spacial score (nSPS) is 33.3. The molecule has 3 heterocycles. The Balaban J connectivity index is 1.37. The molecule has 116 valence electrons. The lowest BCUT2D eigenvalue weighted by atomic mass is 9.92. The summed E-state index contributed by atoms with van der Waals surface area (Å²) in [5.74, 6) is 2.64. The van der Waals surface area contributed by atoms with Gasteiger partial charge in [0, 0.05) is 26.1 Å². The van der Waals surface area contributed by atoms with E-state index >= 15 is 0 Å². The summed E-state index contributed by atoms with van der Waals surface area (Å²) >= 11 is 0. The fourth-order valence-corrected chi connectivity index (χ4v) is 3.45. The molecule has 6 nitrogen and oxygen atoms in total. The highest BCUT2D eigenvalue weighted by Gasteiger charge is 2.42. The van der Waals surface area contributed by atoms with Gasteiger partial charge in [-0.3, -0.25) is 4.90 Å². The molecule has 0 bridgehead atoms. The van der Waals surface area contributed by atoms with Gasteiger partial charge in [0.1, 0.15) is 6.10 Å². The van der Waals surface area contributed by atoms with E-state index in [1.165, 1.54) is 19.3 Å². The number of fused-ring (bicyclic) bond motifs is 1. The zero-order chi connectivity index (χ0) is 14.2. The topological polar surface area (TPSA) is 60.6 Å². The van der Waals surface area contributed by atoms with Crippen LogP contribution in [0.1, 0.15) is 49.5 Å². The predicted octanol–water partition coefficient (Wildman–Crippen LogP) is 1.75. The number of aromatic nitrogens is 2. The molecule has 4 rings (SSSR count). The van der Waals surface area contributed by atoms with Gasteiger partial charge in [-0.2, -0.15) is 0 Å². The smallest absolute Gasteiger partial charge is 0.245 e. The van der Waals surface area contributed by atoms with E-state index in [9.17, 15) is 0 Å². The largest absolute Gasteiger partial charge is 0.422 e. The highest BCUT2D eigenvalue weighted by molar-refractivity contribution is 5.02. The Bertz CT molecular complexity index is 488. The third-order valence-electron chi connectivity index (χ3n) is 4.91. The Morgan fingerprint density at radius 3 is 2.90 bits per heavy atom. The molecule has 1 aromatic rings. The van der Waals surface area contributed by atoms with Gasteiger partial charge in [-0.25, -0.2) is 0 Å². The molecule has 1 aliphatic carbocycles. The summed E-state index contributed by atoms with van der Waals surface area (Å²) in [5, 5.41) is 8.38. The number of nitrogens with zero attached hydrogens (tertiary/aromatic N) is 3. The first-order chi connectivity index (χ1) is 10.3. The van der Waals surface area contributed by atoms with Crippen LogP contribution in [0.5, 0.6) is 0 Å². The van der Waals surface area contributed by atoms with E-state index in [4.69, 9.17) is 13.9 Å². The molecule has 3 fully saturated rings. The van der Waals surface area contributed by atoms with Crippen molar-refractivity contribution in [1.29, 1.82) is 0 Å². The van der Waals surface area contributed by atoms with Crippen LogP contribution in [0.15, 0.2) is 4.42 Å². The molecule has 0 N–H and O–H groups in total. The number of hydrogen-bond acceptors (Lipinski definition) is 6. The van der Waals surface area contributed by atoms with Gasteiger partial charge in [0.2, 0.25) is 11.8 Å². The summed E-state index contributed by atoms with van der Waals surface area (Å²) < 4.78 is 17.2. The van der Waals surface area contributed by atoms with Crippen LogP contribution in [0.25, 0.3) is 0 Å². The molecule has 2 aliphatic heterocycles. The average molecular weight is 293 g/mol. The Hall–Kier alpha value is -0.980. The molecule has 0 spiro atoms. The van der Waals surface area contributed by atoms with Gasteiger partial charge >= 0.3 is 0 Å². The molecular weight excluding hydrogens is 270 g/mol. The van der Waals surface area contributed by atoms with Crippen LogP contribution in [0, 0.1) is 5.92 Å². The van der Waals surface area contributed by atoms with Crippen LogP contribution in [-0.2, 0) is 9.47 Å². The van der Waals surface area contributed by atoms with E-state index in [0.717, 1.165) is 38.6 Å². The van der Waals surface area contributed by atoms with Crippen molar-refractivity contribution in [3.8, 4) is 0 Å². The standard InChI is InChI=1S/C15H23N3O3/c1-19-7-6-18-5-4-11-8-12(20-13(11)9-18)15-17-16-14(21-15)10-2-3-10/h10-13H,2-9H2,1H3/t11-,12-,13+/m1/s1. The van der Waals surface area contributed by atoms with Gasteiger partial charge in [-0.05, 0) is 38.1 Å². The van der Waals surface area contributed by atoms with Gasteiger partial charge in [0.15, 0.2) is 0 Å². The van der Waals surface area contributed by atoms with E-state index in [1.54, 1.807) is 7.11 Å². The summed E-state index contributed by atoms with van der Waals surface area (Å²) in [6.07, 6.45) is 4.89. The van der Waals surface area contributed by atoms with E-state index in [2.05, 4.69) is 15.1 Å². The van der Waals surface area contributed by atoms with Crippen molar-refractivity contribution in [2.75, 3.05) is 33.4 Å². The first-order valence-electron chi connectivity index (χ1n) is 8.03. The second kappa shape index (κ2) is 5.66. The minimum atomic E-state index is 0.00220. The number of piperidine rings is 1. The fraction of sp³-hybridized carbons (Fsp3) is 0.867. The summed E-state index contributed by atoms with van der Waals surface area (Å²) in [6.45, 7) is 3.90. The molecule has 3 atom stereocenters. The highest BCUT2D eigenvalue weighted by Crippen LogP contribution is 2.43. The number of hydrogen-bond donors (Lipinski definition) is 0. The quantitative estimate of drug-likeness (QED) is 0.824. The fourth-order valence-electron chi connectivity index (χ4n) is 3.45. The number of ether oxygens (including phenoxy) is 2. The van der Waals surface area contributed by atoms with Crippen LogP contribution in [-0.4, -0.2) is 54.6 Å². The third kappa shape index (κ3) is 2.84. The van der Waals surface area contributed by atoms with Crippen molar-refractivity contribution in [3.05, 3.63) is 11.8 Å². The maximum absolute atomic E-state index is 6.20. The van der Waals surface area contributed by atoms with Gasteiger partial charge in [-0.15, -0.1) is 10.2 Å². The maximum atomic E-state index is 6.20. The zero-order valence-corrected chi connectivity index (χ0v) is 12.5. The molecule has 0 unspecified atom stereocenters. The minimum absolute atomic E-state index is 0.00220. The van der Waals surface area contributed by atoms with E-state index in [1.807, 2.05) is 0 Å². The Kier molecular flexibility index (Phi) is 3.69. The summed E-state index contributed by atoms with van der Waals surface area (Å²) in [7, 11) is 1.75. The van der Waals surface area contributed by atoms with Crippen molar-refractivity contribution < 1.29 is 13.9 Å². The van der Waals surface area contributed by atoms with Crippen LogP contribution in [0.4, 0.5) is 0 Å². The molecule has 0 aromatic carbocycles. The SMILES string of the molecule is COCCN1CC[C@@H]2C[C@H](c3nnc(C4CC4)o3)O[C@H]2C1. The maximum Gasteiger partial charge on any atom is 0.245 e. The predicted molar refractivity (Wildman–Crippen MR) is 74.9 cm³/mol. The van der Waals surface area contributed by atoms with Gasteiger partial charge < -0.3 is 13.9 Å². The molecule has 1 saturated carbocycles. The van der Waals surface area contributed by atoms with E-state index in [0.29, 0.717) is 23.8 Å². The Morgan fingerprint density at radius 1 is 1.24 bits per heavy atom. The number of methoxy groups -OCH3 is 1. The first-order valence-corrected chi connectivity index (χ1v) is 8.03. The second-order valence-corrected chi connectivity index (χ2v) is 6.49. The lowest BCUT2D eigenvalue weighted by Gasteiger charge is -2.33. The van der Waals surface area contributed by atoms with Gasteiger partial charge in [-0.1, -0.05) is 0 Å². The van der Waals surface area contributed by atoms with Crippen LogP contribution in [0.3, 0.4) is 0 Å². The third-order valence-corrected chi connectivity index (χ3v) is 4.91. The average Bonchev–Trinajstić information content (AvgIpc) is 3.09. The first kappa shape index (κ1) is 13.7. The Morgan fingerprint density at radius 2 is 2.10 bits per heavy atom. The van der Waals surface area contributed by atoms with Crippen LogP contribution in [0.2, 0.25) is 0 Å². The monoisotopic (exact) mass is 293 g/mol. The Labute approximate surface area is 124 Å². The highest BCUT2D eigenvalue weighted by atomic mass is 16.5. The second-order valence-electron chi connectivity index (χ2n) is 6.49. The number of likely N-dealkylation sites (tertiary alicyclic amines) is 1. The van der Waals surface area contributed by atoms with E-state index in [-0.39, 0.29) is 6.10 Å². The van der Waals surface area contributed by atoms with Crippen LogP contribution >= 0.6 is 0 Å². The van der Waals surface area contributed by atoms with Crippen molar-refractivity contribution in [3.63, 3.8) is 0 Å². The molecule has 2 saturated heterocycles. The number of rotatable bonds is 5. The molecule has 1 aromatic heterocycles. The molecule has 0 amide bonds. The minimum Gasteiger partial charge on any atom is -0.422 e. The lowest BCUT2D eigenvalue weighted by Crippen LogP contribution is -2.43. The van der Waals surface area contributed by atoms with Crippen molar-refractivity contribution in [1.82, 2.24) is 15.1 Å². The van der Waals surface area contributed by atoms with E-state index < -0.39 is 0 Å². The van der Waals surface area contributed by atoms with Gasteiger partial charge in [0.25, 0.3) is 0 Å².